The second-order valence-corrected chi connectivity index (χ2v) is 7.51. The molecule has 1 aromatic heterocycles. The lowest BCUT2D eigenvalue weighted by Crippen LogP contribution is -2.39. The summed E-state index contributed by atoms with van der Waals surface area (Å²) in [6.07, 6.45) is 6.95. The van der Waals surface area contributed by atoms with E-state index >= 15 is 0 Å². The molecular weight excluding hydrogens is 384 g/mol. The van der Waals surface area contributed by atoms with Crippen LogP contribution in [-0.2, 0) is 11.3 Å². The molecule has 2 heterocycles. The smallest absolute Gasteiger partial charge is 0.234 e. The zero-order valence-electron chi connectivity index (χ0n) is 16.1. The standard InChI is InChI=1S/C23H23ClN4O/c24-21-8-4-5-9-22(21)28-16-20(15-26-28)19-10-12-27(13-11-19)17-23(29)25-14-18-6-2-1-3-7-18/h1-10,15-16H,11-14,17H2,(H,25,29). The van der Waals surface area contributed by atoms with Gasteiger partial charge in [0.2, 0.25) is 5.91 Å². The maximum absolute atomic E-state index is 12.2. The molecule has 0 spiro atoms. The molecule has 0 saturated carbocycles. The Bertz CT molecular complexity index is 1010. The van der Waals surface area contributed by atoms with E-state index in [-0.39, 0.29) is 5.91 Å². The highest BCUT2D eigenvalue weighted by molar-refractivity contribution is 6.32. The predicted octanol–water partition coefficient (Wildman–Crippen LogP) is 3.93. The summed E-state index contributed by atoms with van der Waals surface area (Å²) in [6.45, 7) is 2.58. The average Bonchev–Trinajstić information content (AvgIpc) is 3.24. The summed E-state index contributed by atoms with van der Waals surface area (Å²) >= 11 is 6.27. The molecule has 148 valence electrons. The second-order valence-electron chi connectivity index (χ2n) is 7.10. The van der Waals surface area contributed by atoms with Crippen molar-refractivity contribution in [1.82, 2.24) is 20.0 Å². The van der Waals surface area contributed by atoms with Gasteiger partial charge in [-0.15, -0.1) is 0 Å². The minimum absolute atomic E-state index is 0.0530. The van der Waals surface area contributed by atoms with Crippen LogP contribution in [0.25, 0.3) is 11.3 Å². The number of carbonyl (C=O) groups is 1. The van der Waals surface area contributed by atoms with Crippen LogP contribution in [-0.4, -0.2) is 40.2 Å². The van der Waals surface area contributed by atoms with Gasteiger partial charge in [-0.05, 0) is 29.7 Å². The highest BCUT2D eigenvalue weighted by atomic mass is 35.5. The third kappa shape index (κ3) is 4.94. The fourth-order valence-electron chi connectivity index (χ4n) is 3.43. The quantitative estimate of drug-likeness (QED) is 0.674. The third-order valence-electron chi connectivity index (χ3n) is 5.05. The molecule has 6 heteroatoms. The van der Waals surface area contributed by atoms with Crippen LogP contribution in [0.4, 0.5) is 0 Å². The first kappa shape index (κ1) is 19.4. The normalized spacial score (nSPS) is 14.4. The number of para-hydroxylation sites is 1. The predicted molar refractivity (Wildman–Crippen MR) is 116 cm³/mol. The molecule has 0 radical (unpaired) electrons. The van der Waals surface area contributed by atoms with Crippen molar-refractivity contribution < 1.29 is 4.79 Å². The second kappa shape index (κ2) is 9.07. The van der Waals surface area contributed by atoms with Crippen LogP contribution in [0.1, 0.15) is 17.5 Å². The summed E-state index contributed by atoms with van der Waals surface area (Å²) in [5.41, 5.74) is 4.33. The Labute approximate surface area is 175 Å². The van der Waals surface area contributed by atoms with E-state index in [0.717, 1.165) is 36.3 Å². The number of benzene rings is 2. The molecule has 0 bridgehead atoms. The zero-order valence-corrected chi connectivity index (χ0v) is 16.8. The van der Waals surface area contributed by atoms with Crippen molar-refractivity contribution in [2.45, 2.75) is 13.0 Å². The Morgan fingerprint density at radius 3 is 2.66 bits per heavy atom. The van der Waals surface area contributed by atoms with Gasteiger partial charge in [-0.2, -0.15) is 5.10 Å². The largest absolute Gasteiger partial charge is 0.351 e. The number of amides is 1. The van der Waals surface area contributed by atoms with Gasteiger partial charge in [0.25, 0.3) is 0 Å². The van der Waals surface area contributed by atoms with Crippen molar-refractivity contribution in [3.63, 3.8) is 0 Å². The lowest BCUT2D eigenvalue weighted by Gasteiger charge is -2.25. The maximum Gasteiger partial charge on any atom is 0.234 e. The summed E-state index contributed by atoms with van der Waals surface area (Å²) < 4.78 is 1.81. The minimum Gasteiger partial charge on any atom is -0.351 e. The van der Waals surface area contributed by atoms with Crippen molar-refractivity contribution >= 4 is 23.1 Å². The van der Waals surface area contributed by atoms with E-state index in [2.05, 4.69) is 21.4 Å². The van der Waals surface area contributed by atoms with E-state index in [0.29, 0.717) is 18.1 Å². The molecule has 0 saturated heterocycles. The van der Waals surface area contributed by atoms with E-state index < -0.39 is 0 Å². The van der Waals surface area contributed by atoms with Crippen molar-refractivity contribution in [2.75, 3.05) is 19.6 Å². The van der Waals surface area contributed by atoms with Crippen molar-refractivity contribution in [2.24, 2.45) is 0 Å². The van der Waals surface area contributed by atoms with Gasteiger partial charge in [-0.1, -0.05) is 60.1 Å². The van der Waals surface area contributed by atoms with Gasteiger partial charge in [0.15, 0.2) is 0 Å². The highest BCUT2D eigenvalue weighted by Gasteiger charge is 2.17. The maximum atomic E-state index is 12.2. The van der Waals surface area contributed by atoms with Gasteiger partial charge in [0.1, 0.15) is 0 Å². The summed E-state index contributed by atoms with van der Waals surface area (Å²) in [7, 11) is 0. The summed E-state index contributed by atoms with van der Waals surface area (Å²) in [5.74, 6) is 0.0530. The van der Waals surface area contributed by atoms with E-state index in [1.807, 2.05) is 71.7 Å². The topological polar surface area (TPSA) is 50.2 Å². The van der Waals surface area contributed by atoms with E-state index in [1.165, 1.54) is 5.57 Å². The van der Waals surface area contributed by atoms with Crippen molar-refractivity contribution in [3.8, 4) is 5.69 Å². The molecule has 1 amide bonds. The van der Waals surface area contributed by atoms with Crippen LogP contribution in [0, 0.1) is 0 Å². The fraction of sp³-hybridized carbons (Fsp3) is 0.217. The Hall–Kier alpha value is -2.89. The molecule has 5 nitrogen and oxygen atoms in total. The number of aromatic nitrogens is 2. The Morgan fingerprint density at radius 1 is 1.10 bits per heavy atom. The zero-order chi connectivity index (χ0) is 20.1. The van der Waals surface area contributed by atoms with Crippen LogP contribution in [0.2, 0.25) is 5.02 Å². The molecule has 0 aliphatic carbocycles. The third-order valence-corrected chi connectivity index (χ3v) is 5.37. The average molecular weight is 407 g/mol. The van der Waals surface area contributed by atoms with Crippen LogP contribution >= 0.6 is 11.6 Å². The molecule has 3 aromatic rings. The van der Waals surface area contributed by atoms with E-state index in [9.17, 15) is 4.79 Å². The van der Waals surface area contributed by atoms with Crippen LogP contribution in [0.15, 0.2) is 73.1 Å². The molecule has 0 atom stereocenters. The molecule has 1 aliphatic rings. The number of hydrogen-bond acceptors (Lipinski definition) is 3. The van der Waals surface area contributed by atoms with Crippen LogP contribution in [0.5, 0.6) is 0 Å². The molecule has 4 rings (SSSR count). The number of rotatable bonds is 6. The Morgan fingerprint density at radius 2 is 1.90 bits per heavy atom. The van der Waals surface area contributed by atoms with E-state index in [4.69, 9.17) is 11.6 Å². The van der Waals surface area contributed by atoms with Crippen molar-refractivity contribution in [1.29, 1.82) is 0 Å². The first-order chi connectivity index (χ1) is 14.2. The monoisotopic (exact) mass is 406 g/mol. The Kier molecular flexibility index (Phi) is 6.08. The number of halogens is 1. The molecule has 1 N–H and O–H groups in total. The molecular formula is C23H23ClN4O. The van der Waals surface area contributed by atoms with Gasteiger partial charge in [0, 0.05) is 31.4 Å². The number of hydrogen-bond donors (Lipinski definition) is 1. The van der Waals surface area contributed by atoms with Gasteiger partial charge in [0.05, 0.1) is 23.5 Å². The SMILES string of the molecule is O=C(CN1CC=C(c2cnn(-c3ccccc3Cl)c2)CC1)NCc1ccccc1. The van der Waals surface area contributed by atoms with E-state index in [1.54, 1.807) is 0 Å². The summed E-state index contributed by atoms with van der Waals surface area (Å²) in [5, 5.41) is 8.12. The molecule has 0 fully saturated rings. The molecule has 2 aromatic carbocycles. The first-order valence-electron chi connectivity index (χ1n) is 9.71. The summed E-state index contributed by atoms with van der Waals surface area (Å²) in [4.78, 5) is 14.4. The Balaban J connectivity index is 1.32. The summed E-state index contributed by atoms with van der Waals surface area (Å²) in [6, 6.07) is 17.6. The van der Waals surface area contributed by atoms with Gasteiger partial charge in [-0.3, -0.25) is 9.69 Å². The van der Waals surface area contributed by atoms with Crippen LogP contribution < -0.4 is 5.32 Å². The minimum atomic E-state index is 0.0530. The van der Waals surface area contributed by atoms with Gasteiger partial charge in [-0.25, -0.2) is 4.68 Å². The van der Waals surface area contributed by atoms with Gasteiger partial charge >= 0.3 is 0 Å². The first-order valence-corrected chi connectivity index (χ1v) is 10.1. The molecule has 1 aliphatic heterocycles. The van der Waals surface area contributed by atoms with Crippen LogP contribution in [0.3, 0.4) is 0 Å². The van der Waals surface area contributed by atoms with Crippen molar-refractivity contribution in [3.05, 3.63) is 89.2 Å². The molecule has 29 heavy (non-hydrogen) atoms. The number of nitrogens with one attached hydrogen (secondary N) is 1. The lowest BCUT2D eigenvalue weighted by atomic mass is 10.0. The lowest BCUT2D eigenvalue weighted by molar-refractivity contribution is -0.122. The van der Waals surface area contributed by atoms with Gasteiger partial charge < -0.3 is 5.32 Å². The number of nitrogens with zero attached hydrogens (tertiary/aromatic N) is 3. The fourth-order valence-corrected chi connectivity index (χ4v) is 3.65. The highest BCUT2D eigenvalue weighted by Crippen LogP contribution is 2.25. The molecule has 0 unspecified atom stereocenters. The number of carbonyl (C=O) groups excluding carboxylic acids is 1.